The van der Waals surface area contributed by atoms with Crippen molar-refractivity contribution in [2.24, 2.45) is 5.73 Å². The Morgan fingerprint density at radius 3 is 2.30 bits per heavy atom. The summed E-state index contributed by atoms with van der Waals surface area (Å²) in [5.74, 6) is 0.184. The Labute approximate surface area is 377 Å². The largest absolute Gasteiger partial charge is 0.476 e. The number of H-pyrrole nitrogens is 2. The van der Waals surface area contributed by atoms with E-state index in [1.54, 1.807) is 30.9 Å². The molecular weight excluding hydrogens is 886 g/mol. The number of hydrogen-bond donors (Lipinski definition) is 4. The van der Waals surface area contributed by atoms with E-state index in [1.807, 2.05) is 6.07 Å². The molecule has 0 amide bonds. The Balaban J connectivity index is 0.889. The van der Waals surface area contributed by atoms with Crippen LogP contribution in [0.25, 0.3) is 44.4 Å². The highest BCUT2D eigenvalue weighted by molar-refractivity contribution is 7.99. The van der Waals surface area contributed by atoms with Gasteiger partial charge in [-0.15, -0.1) is 0 Å². The van der Waals surface area contributed by atoms with Crippen LogP contribution >= 0.6 is 46.7 Å². The fourth-order valence-electron chi connectivity index (χ4n) is 8.10. The second-order valence-electron chi connectivity index (χ2n) is 15.5. The van der Waals surface area contributed by atoms with Gasteiger partial charge in [-0.2, -0.15) is 0 Å². The van der Waals surface area contributed by atoms with Crippen LogP contribution in [0.4, 0.5) is 11.6 Å². The van der Waals surface area contributed by atoms with Crippen LogP contribution in [0.3, 0.4) is 0 Å². The molecule has 2 aliphatic heterocycles. The second-order valence-corrected chi connectivity index (χ2v) is 18.3. The maximum absolute atomic E-state index is 11.4. The highest BCUT2D eigenvalue weighted by Crippen LogP contribution is 2.41. The zero-order valence-corrected chi connectivity index (χ0v) is 37.1. The Kier molecular flexibility index (Phi) is 11.3. The number of aromatic carboxylic acids is 1. The van der Waals surface area contributed by atoms with E-state index in [0.29, 0.717) is 78.8 Å². The summed E-state index contributed by atoms with van der Waals surface area (Å²) in [5.41, 5.74) is 11.1. The lowest BCUT2D eigenvalue weighted by Gasteiger charge is -2.27. The number of carboxylic acids is 1. The quantitative estimate of drug-likeness (QED) is 0.0843. The SMILES string of the molecule is CCc1[nH]c2nc(Sc3cnc4nccnc4c3)nc(N3CCC[C@H]3COCC(C)c3[nH]c4nc(Sc5cnc6nc(C(=O)O)cnc6c5)nc(N5CC[C@H](N)C5)c4c3Cl)c2c1Cl. The van der Waals surface area contributed by atoms with Gasteiger partial charge in [0.2, 0.25) is 0 Å². The summed E-state index contributed by atoms with van der Waals surface area (Å²) in [6.45, 7) is 7.14. The molecule has 0 bridgehead atoms. The number of carbonyl (C=O) groups is 1. The number of aromatic nitrogens is 12. The minimum Gasteiger partial charge on any atom is -0.476 e. The summed E-state index contributed by atoms with van der Waals surface area (Å²) in [4.78, 5) is 70.1. The third-order valence-corrected chi connectivity index (χ3v) is 13.7. The van der Waals surface area contributed by atoms with Crippen molar-refractivity contribution >= 4 is 109 Å². The second kappa shape index (κ2) is 17.2. The molecule has 0 radical (unpaired) electrons. The molecule has 0 saturated carbocycles. The number of nitrogens with two attached hydrogens (primary N) is 1. The van der Waals surface area contributed by atoms with Crippen LogP contribution in [0, 0.1) is 0 Å². The van der Waals surface area contributed by atoms with Gasteiger partial charge in [0, 0.05) is 77.6 Å². The molecule has 63 heavy (non-hydrogen) atoms. The molecule has 0 spiro atoms. The molecule has 10 heterocycles. The first-order valence-electron chi connectivity index (χ1n) is 20.4. The molecule has 1 unspecified atom stereocenters. The third kappa shape index (κ3) is 8.15. The molecular formula is C41H39Cl2N15O3S2. The Bertz CT molecular complexity index is 3060. The van der Waals surface area contributed by atoms with E-state index in [1.165, 1.54) is 29.7 Å². The van der Waals surface area contributed by atoms with Crippen molar-refractivity contribution in [2.75, 3.05) is 42.6 Å². The van der Waals surface area contributed by atoms with Crippen molar-refractivity contribution in [3.63, 3.8) is 0 Å². The van der Waals surface area contributed by atoms with Crippen LogP contribution in [0.15, 0.2) is 63.2 Å². The highest BCUT2D eigenvalue weighted by Gasteiger charge is 2.32. The van der Waals surface area contributed by atoms with E-state index in [0.717, 1.165) is 71.6 Å². The summed E-state index contributed by atoms with van der Waals surface area (Å²) in [6, 6.07) is 3.77. The first kappa shape index (κ1) is 41.5. The predicted octanol–water partition coefficient (Wildman–Crippen LogP) is 7.10. The lowest BCUT2D eigenvalue weighted by atomic mass is 10.1. The molecule has 2 fully saturated rings. The van der Waals surface area contributed by atoms with Gasteiger partial charge in [-0.1, -0.05) is 37.0 Å². The summed E-state index contributed by atoms with van der Waals surface area (Å²) in [5, 5.41) is 13.1. The molecule has 8 aromatic heterocycles. The smallest absolute Gasteiger partial charge is 0.356 e. The van der Waals surface area contributed by atoms with Crippen LogP contribution in [-0.2, 0) is 11.2 Å². The molecule has 2 saturated heterocycles. The summed E-state index contributed by atoms with van der Waals surface area (Å²) in [7, 11) is 0. The fraction of sp³-hybridized carbons (Fsp3) is 0.341. The first-order chi connectivity index (χ1) is 30.6. The van der Waals surface area contributed by atoms with Crippen molar-refractivity contribution < 1.29 is 14.6 Å². The molecule has 22 heteroatoms. The monoisotopic (exact) mass is 923 g/mol. The highest BCUT2D eigenvalue weighted by atomic mass is 35.5. The van der Waals surface area contributed by atoms with E-state index >= 15 is 0 Å². The maximum atomic E-state index is 11.4. The Hall–Kier alpha value is -5.51. The minimum atomic E-state index is -1.17. The molecule has 3 atom stereocenters. The Morgan fingerprint density at radius 1 is 0.873 bits per heavy atom. The molecule has 0 aliphatic carbocycles. The van der Waals surface area contributed by atoms with Crippen LogP contribution in [0.5, 0.6) is 0 Å². The van der Waals surface area contributed by atoms with Crippen LogP contribution in [0.2, 0.25) is 10.0 Å². The molecule has 322 valence electrons. The standard InChI is InChI=1S/C41H39Cl2N15O3S2/c1-3-24-30(42)28-35(50-24)53-41(63-22-11-25-33(48-13-22)46-8-7-45-25)56-38(28)58-9-4-5-21(58)18-61-17-19(2)32-31(43)29-36(52-32)54-40(55-37(29)57-10-6-20(44)16-57)62-23-12-26-34(49-14-23)51-27(15-47-26)39(59)60/h7-8,11-15,19-21H,3-6,9-10,16-18,44H2,1-2H3,(H,59,60)(H,50,53,56)(H,52,54,55)/t19?,20-,21-/m0/s1. The molecule has 18 nitrogen and oxygen atoms in total. The van der Waals surface area contributed by atoms with Crippen molar-refractivity contribution in [1.29, 1.82) is 0 Å². The average molecular weight is 925 g/mol. The van der Waals surface area contributed by atoms with Crippen molar-refractivity contribution in [3.8, 4) is 0 Å². The number of fused-ring (bicyclic) bond motifs is 4. The number of pyridine rings is 2. The van der Waals surface area contributed by atoms with Crippen molar-refractivity contribution in [2.45, 2.75) is 77.6 Å². The van der Waals surface area contributed by atoms with E-state index in [9.17, 15) is 9.90 Å². The van der Waals surface area contributed by atoms with Gasteiger partial charge in [0.25, 0.3) is 0 Å². The topological polar surface area (TPSA) is 240 Å². The van der Waals surface area contributed by atoms with Gasteiger partial charge in [0.1, 0.15) is 34.0 Å². The summed E-state index contributed by atoms with van der Waals surface area (Å²) >= 11 is 17.0. The zero-order chi connectivity index (χ0) is 43.4. The van der Waals surface area contributed by atoms with Crippen LogP contribution in [-0.4, -0.2) is 116 Å². The van der Waals surface area contributed by atoms with E-state index in [4.69, 9.17) is 53.6 Å². The number of carboxylic acid groups (broad SMARTS) is 1. The molecule has 2 aliphatic rings. The lowest BCUT2D eigenvalue weighted by Crippen LogP contribution is -2.34. The number of rotatable bonds is 13. The van der Waals surface area contributed by atoms with Gasteiger partial charge in [-0.3, -0.25) is 9.97 Å². The fourth-order valence-corrected chi connectivity index (χ4v) is 10.4. The normalized spacial score (nSPS) is 17.3. The third-order valence-electron chi connectivity index (χ3n) is 11.2. The van der Waals surface area contributed by atoms with Crippen LogP contribution < -0.4 is 15.5 Å². The van der Waals surface area contributed by atoms with Gasteiger partial charge in [-0.05, 0) is 61.3 Å². The first-order valence-corrected chi connectivity index (χ1v) is 22.8. The number of ether oxygens (including phenoxy) is 1. The number of aryl methyl sites for hydroxylation is 1. The average Bonchev–Trinajstić information content (AvgIpc) is 4.08. The van der Waals surface area contributed by atoms with Gasteiger partial charge in [-0.25, -0.2) is 44.7 Å². The number of halogens is 2. The van der Waals surface area contributed by atoms with E-state index in [-0.39, 0.29) is 29.3 Å². The summed E-state index contributed by atoms with van der Waals surface area (Å²) < 4.78 is 6.53. The lowest BCUT2D eigenvalue weighted by molar-refractivity contribution is 0.0690. The van der Waals surface area contributed by atoms with E-state index < -0.39 is 5.97 Å². The van der Waals surface area contributed by atoms with Gasteiger partial charge in [0.05, 0.1) is 46.3 Å². The summed E-state index contributed by atoms with van der Waals surface area (Å²) in [6.07, 6.45) is 11.3. The van der Waals surface area contributed by atoms with Crippen molar-refractivity contribution in [1.82, 2.24) is 59.8 Å². The molecule has 5 N–H and O–H groups in total. The zero-order valence-electron chi connectivity index (χ0n) is 33.9. The number of nitrogens with zero attached hydrogens (tertiary/aromatic N) is 12. The molecule has 8 aromatic rings. The number of anilines is 2. The van der Waals surface area contributed by atoms with E-state index in [2.05, 4.69) is 63.5 Å². The van der Waals surface area contributed by atoms with Gasteiger partial charge >= 0.3 is 5.97 Å². The van der Waals surface area contributed by atoms with Crippen LogP contribution in [0.1, 0.15) is 60.9 Å². The minimum absolute atomic E-state index is 0.00715. The number of hydrogen-bond acceptors (Lipinski definition) is 17. The number of nitrogens with one attached hydrogen (secondary N) is 2. The maximum Gasteiger partial charge on any atom is 0.356 e. The molecule has 10 rings (SSSR count). The Morgan fingerprint density at radius 2 is 1.57 bits per heavy atom. The predicted molar refractivity (Wildman–Crippen MR) is 241 cm³/mol. The van der Waals surface area contributed by atoms with Gasteiger partial charge < -0.3 is 35.3 Å². The van der Waals surface area contributed by atoms with Gasteiger partial charge in [0.15, 0.2) is 27.3 Å². The van der Waals surface area contributed by atoms with Crippen molar-refractivity contribution in [3.05, 3.63) is 70.2 Å². The number of aromatic amines is 2. The molecule has 0 aromatic carbocycles.